The van der Waals surface area contributed by atoms with Gasteiger partial charge in [-0.2, -0.15) is 0 Å². The van der Waals surface area contributed by atoms with Crippen molar-refractivity contribution >= 4 is 22.7 Å². The second-order valence-corrected chi connectivity index (χ2v) is 17.9. The zero-order valence-corrected chi connectivity index (χ0v) is 39.5. The number of anilines is 4. The first kappa shape index (κ1) is 43.6. The van der Waals surface area contributed by atoms with E-state index in [2.05, 4.69) is 303 Å². The Morgan fingerprint density at radius 2 is 0.371 bits per heavy atom. The topological polar surface area (TPSA) is 6.48 Å². The Morgan fingerprint density at radius 3 is 0.686 bits per heavy atom. The Labute approximate surface area is 412 Å². The van der Waals surface area contributed by atoms with Crippen molar-refractivity contribution in [2.45, 2.75) is 0 Å². The van der Waals surface area contributed by atoms with E-state index in [1.54, 1.807) is 0 Å². The van der Waals surface area contributed by atoms with Gasteiger partial charge < -0.3 is 9.80 Å². The Hall–Kier alpha value is -8.98. The number of hydrogen-bond acceptors (Lipinski definition) is 2. The number of rotatable bonds is 12. The van der Waals surface area contributed by atoms with Gasteiger partial charge in [0.25, 0.3) is 0 Å². The summed E-state index contributed by atoms with van der Waals surface area (Å²) in [6.07, 6.45) is 0. The van der Waals surface area contributed by atoms with Crippen LogP contribution in [0.1, 0.15) is 0 Å². The van der Waals surface area contributed by atoms with Crippen molar-refractivity contribution in [2.75, 3.05) is 23.9 Å². The molecule has 11 rings (SSSR count). The van der Waals surface area contributed by atoms with E-state index in [4.69, 9.17) is 0 Å². The minimum atomic E-state index is 1.14. The van der Waals surface area contributed by atoms with Gasteiger partial charge in [0.15, 0.2) is 0 Å². The minimum absolute atomic E-state index is 1.14. The zero-order valence-electron chi connectivity index (χ0n) is 39.5. The van der Waals surface area contributed by atoms with Crippen LogP contribution in [0.4, 0.5) is 22.7 Å². The lowest BCUT2D eigenvalue weighted by Crippen LogP contribution is -2.09. The smallest absolute Gasteiger partial charge is 0.0414 e. The monoisotopic (exact) mass is 896 g/mol. The molecule has 70 heavy (non-hydrogen) atoms. The highest BCUT2D eigenvalue weighted by Gasteiger charge is 2.12. The molecule has 0 aliphatic carbocycles. The van der Waals surface area contributed by atoms with Gasteiger partial charge in [-0.15, -0.1) is 0 Å². The van der Waals surface area contributed by atoms with Gasteiger partial charge in [-0.25, -0.2) is 0 Å². The summed E-state index contributed by atoms with van der Waals surface area (Å²) in [7, 11) is 4.26. The molecule has 0 spiro atoms. The number of hydrogen-bond donors (Lipinski definition) is 0. The Morgan fingerprint density at radius 1 is 0.157 bits per heavy atom. The largest absolute Gasteiger partial charge is 0.345 e. The molecule has 0 bridgehead atoms. The summed E-state index contributed by atoms with van der Waals surface area (Å²) in [4.78, 5) is 4.48. The summed E-state index contributed by atoms with van der Waals surface area (Å²) < 4.78 is 0. The van der Waals surface area contributed by atoms with E-state index in [1.165, 1.54) is 89.0 Å². The Balaban J connectivity index is 0.774. The third kappa shape index (κ3) is 9.45. The van der Waals surface area contributed by atoms with E-state index >= 15 is 0 Å². The fourth-order valence-corrected chi connectivity index (χ4v) is 9.41. The highest BCUT2D eigenvalue weighted by atomic mass is 15.1. The van der Waals surface area contributed by atoms with E-state index in [0.717, 1.165) is 22.7 Å². The van der Waals surface area contributed by atoms with E-state index < -0.39 is 0 Å². The molecule has 0 saturated carbocycles. The van der Waals surface area contributed by atoms with Crippen LogP contribution in [0, 0.1) is 0 Å². The average Bonchev–Trinajstić information content (AvgIpc) is 3.45. The highest BCUT2D eigenvalue weighted by Crippen LogP contribution is 2.37. The van der Waals surface area contributed by atoms with Crippen LogP contribution in [0.5, 0.6) is 0 Å². The quantitative estimate of drug-likeness (QED) is 0.121. The minimum Gasteiger partial charge on any atom is -0.345 e. The fourth-order valence-electron chi connectivity index (χ4n) is 9.41. The van der Waals surface area contributed by atoms with Gasteiger partial charge in [-0.1, -0.05) is 212 Å². The SMILES string of the molecule is CN(c1ccc(-c2ccccc2)cc1)c1ccc(-c2cc(-c3ccccc3)cc(-c3ccc(-c4ccc(-c5ccc(-c6ccc(N(C)c7cccc(-c8ccccc8)c7)cc6)cc5)cc4)cc3)c2)cc1. The molecule has 11 aromatic carbocycles. The molecule has 11 aromatic rings. The van der Waals surface area contributed by atoms with Gasteiger partial charge in [0.1, 0.15) is 0 Å². The molecule has 0 unspecified atom stereocenters. The lowest BCUT2D eigenvalue weighted by atomic mass is 9.92. The summed E-state index contributed by atoms with van der Waals surface area (Å²) in [5.74, 6) is 0. The van der Waals surface area contributed by atoms with Crippen molar-refractivity contribution in [3.05, 3.63) is 279 Å². The van der Waals surface area contributed by atoms with Gasteiger partial charge in [0.05, 0.1) is 0 Å². The highest BCUT2D eigenvalue weighted by molar-refractivity contribution is 5.84. The van der Waals surface area contributed by atoms with Crippen LogP contribution < -0.4 is 9.80 Å². The van der Waals surface area contributed by atoms with Gasteiger partial charge in [-0.05, 0) is 156 Å². The molecule has 0 atom stereocenters. The van der Waals surface area contributed by atoms with Crippen LogP contribution in [0.2, 0.25) is 0 Å². The van der Waals surface area contributed by atoms with Crippen molar-refractivity contribution < 1.29 is 0 Å². The normalized spacial score (nSPS) is 11.0. The summed E-state index contributed by atoms with van der Waals surface area (Å²) in [5, 5.41) is 0. The molecule has 0 heterocycles. The van der Waals surface area contributed by atoms with Crippen molar-refractivity contribution in [2.24, 2.45) is 0 Å². The van der Waals surface area contributed by atoms with Crippen LogP contribution in [0.25, 0.3) is 89.0 Å². The molecule has 0 amide bonds. The maximum Gasteiger partial charge on any atom is 0.0414 e. The summed E-state index contributed by atoms with van der Waals surface area (Å²) >= 11 is 0. The molecule has 2 heteroatoms. The van der Waals surface area contributed by atoms with Crippen LogP contribution >= 0.6 is 0 Å². The molecular formula is C68H52N2. The molecule has 0 radical (unpaired) electrons. The second kappa shape index (κ2) is 19.7. The molecule has 0 aliphatic rings. The summed E-state index contributed by atoms with van der Waals surface area (Å²) in [6, 6.07) is 101. The van der Waals surface area contributed by atoms with E-state index in [1.807, 2.05) is 0 Å². The van der Waals surface area contributed by atoms with E-state index in [-0.39, 0.29) is 0 Å². The first-order valence-electron chi connectivity index (χ1n) is 24.0. The molecule has 2 nitrogen and oxygen atoms in total. The lowest BCUT2D eigenvalue weighted by Gasteiger charge is -2.21. The van der Waals surface area contributed by atoms with Crippen LogP contribution in [-0.4, -0.2) is 14.1 Å². The number of nitrogens with zero attached hydrogens (tertiary/aromatic N) is 2. The third-order valence-corrected chi connectivity index (χ3v) is 13.6. The first-order valence-corrected chi connectivity index (χ1v) is 24.0. The van der Waals surface area contributed by atoms with Crippen LogP contribution in [0.3, 0.4) is 0 Å². The zero-order chi connectivity index (χ0) is 47.2. The van der Waals surface area contributed by atoms with E-state index in [9.17, 15) is 0 Å². The van der Waals surface area contributed by atoms with Gasteiger partial charge in [0, 0.05) is 36.8 Å². The molecule has 0 aromatic heterocycles. The predicted octanol–water partition coefficient (Wildman–Crippen LogP) is 18.6. The van der Waals surface area contributed by atoms with Gasteiger partial charge >= 0.3 is 0 Å². The maximum atomic E-state index is 2.32. The Kier molecular flexibility index (Phi) is 12.3. The maximum absolute atomic E-state index is 2.32. The van der Waals surface area contributed by atoms with E-state index in [0.29, 0.717) is 0 Å². The molecule has 0 fully saturated rings. The molecule has 0 aliphatic heterocycles. The van der Waals surface area contributed by atoms with Crippen LogP contribution in [-0.2, 0) is 0 Å². The van der Waals surface area contributed by atoms with Gasteiger partial charge in [0.2, 0.25) is 0 Å². The fraction of sp³-hybridized carbons (Fsp3) is 0.0294. The third-order valence-electron chi connectivity index (χ3n) is 13.6. The summed E-state index contributed by atoms with van der Waals surface area (Å²) in [5.41, 5.74) is 23.8. The van der Waals surface area contributed by atoms with Crippen molar-refractivity contribution in [1.29, 1.82) is 0 Å². The molecule has 0 N–H and O–H groups in total. The summed E-state index contributed by atoms with van der Waals surface area (Å²) in [6.45, 7) is 0. The lowest BCUT2D eigenvalue weighted by molar-refractivity contribution is 1.21. The molecular weight excluding hydrogens is 845 g/mol. The standard InChI is InChI=1S/C68H52N2/c1-69(65-39-33-57(34-40-65)49-13-6-3-7-14-49)66-43-37-60(38-44-66)64-46-62(51-17-10-5-11-18-51)45-63(47-64)59-31-29-55(30-32-59)54-23-21-52(22-24-54)53-25-27-56(28-26-53)58-35-41-67(42-36-58)70(2)68-20-12-19-61(48-68)50-15-8-4-9-16-50/h3-48H,1-2H3. The van der Waals surface area contributed by atoms with Crippen molar-refractivity contribution in [3.63, 3.8) is 0 Å². The van der Waals surface area contributed by atoms with Gasteiger partial charge in [-0.3, -0.25) is 0 Å². The second-order valence-electron chi connectivity index (χ2n) is 17.9. The molecule has 334 valence electrons. The van der Waals surface area contributed by atoms with Crippen LogP contribution in [0.15, 0.2) is 279 Å². The number of benzene rings is 11. The van der Waals surface area contributed by atoms with Crippen molar-refractivity contribution in [1.82, 2.24) is 0 Å². The first-order chi connectivity index (χ1) is 34.5. The van der Waals surface area contributed by atoms with Crippen molar-refractivity contribution in [3.8, 4) is 89.0 Å². The molecule has 0 saturated heterocycles. The predicted molar refractivity (Wildman–Crippen MR) is 299 cm³/mol. The average molecular weight is 897 g/mol. The Bertz CT molecular complexity index is 3470.